The van der Waals surface area contributed by atoms with Gasteiger partial charge >= 0.3 is 5.97 Å². The zero-order chi connectivity index (χ0) is 16.9. The second kappa shape index (κ2) is 7.55. The van der Waals surface area contributed by atoms with Crippen molar-refractivity contribution >= 4 is 11.9 Å². The second-order valence-corrected chi connectivity index (χ2v) is 6.09. The van der Waals surface area contributed by atoms with E-state index in [9.17, 15) is 9.59 Å². The minimum atomic E-state index is -0.206. The number of hydrogen-bond acceptors (Lipinski definition) is 5. The minimum absolute atomic E-state index is 0.0284. The van der Waals surface area contributed by atoms with Crippen molar-refractivity contribution in [1.82, 2.24) is 4.90 Å². The van der Waals surface area contributed by atoms with E-state index in [2.05, 4.69) is 0 Å². The monoisotopic (exact) mass is 333 g/mol. The Balaban J connectivity index is 1.61. The average molecular weight is 333 g/mol. The molecule has 1 aromatic rings. The van der Waals surface area contributed by atoms with Crippen LogP contribution in [0, 0.1) is 5.92 Å². The number of amides is 1. The Hall–Kier alpha value is -2.24. The predicted molar refractivity (Wildman–Crippen MR) is 87.1 cm³/mol. The van der Waals surface area contributed by atoms with E-state index in [0.29, 0.717) is 45.1 Å². The molecule has 2 aliphatic heterocycles. The zero-order valence-electron chi connectivity index (χ0n) is 14.0. The molecular formula is C18H23NO5. The van der Waals surface area contributed by atoms with Crippen molar-refractivity contribution in [3.05, 3.63) is 23.8 Å². The molecule has 3 rings (SSSR count). The highest BCUT2D eigenvalue weighted by Crippen LogP contribution is 2.31. The number of hydrogen-bond donors (Lipinski definition) is 0. The Labute approximate surface area is 141 Å². The van der Waals surface area contributed by atoms with Gasteiger partial charge in [-0.1, -0.05) is 6.07 Å². The third kappa shape index (κ3) is 3.80. The molecular weight excluding hydrogens is 310 g/mol. The smallest absolute Gasteiger partial charge is 0.310 e. The molecule has 24 heavy (non-hydrogen) atoms. The summed E-state index contributed by atoms with van der Waals surface area (Å²) in [4.78, 5) is 26.2. The van der Waals surface area contributed by atoms with E-state index >= 15 is 0 Å². The first-order chi connectivity index (χ1) is 11.7. The van der Waals surface area contributed by atoms with Gasteiger partial charge in [-0.15, -0.1) is 0 Å². The van der Waals surface area contributed by atoms with Gasteiger partial charge in [0.05, 0.1) is 18.9 Å². The van der Waals surface area contributed by atoms with E-state index < -0.39 is 0 Å². The molecule has 1 aromatic carbocycles. The topological polar surface area (TPSA) is 65.1 Å². The Morgan fingerprint density at radius 1 is 1.25 bits per heavy atom. The zero-order valence-corrected chi connectivity index (χ0v) is 14.0. The highest BCUT2D eigenvalue weighted by molar-refractivity contribution is 5.80. The van der Waals surface area contributed by atoms with Crippen molar-refractivity contribution in [2.24, 2.45) is 5.92 Å². The van der Waals surface area contributed by atoms with Crippen LogP contribution in [0.25, 0.3) is 0 Å². The molecule has 1 fully saturated rings. The molecule has 1 unspecified atom stereocenters. The first-order valence-electron chi connectivity index (χ1n) is 8.50. The molecule has 6 heteroatoms. The molecule has 0 aliphatic carbocycles. The van der Waals surface area contributed by atoms with Crippen LogP contribution in [0.1, 0.15) is 25.3 Å². The fourth-order valence-electron chi connectivity index (χ4n) is 3.14. The summed E-state index contributed by atoms with van der Waals surface area (Å²) >= 11 is 0. The molecule has 0 N–H and O–H groups in total. The Kier molecular flexibility index (Phi) is 5.23. The Morgan fingerprint density at radius 2 is 2.04 bits per heavy atom. The average Bonchev–Trinajstić information content (AvgIpc) is 2.62. The normalized spacial score (nSPS) is 19.7. The van der Waals surface area contributed by atoms with E-state index in [4.69, 9.17) is 14.2 Å². The summed E-state index contributed by atoms with van der Waals surface area (Å²) in [6, 6.07) is 5.59. The lowest BCUT2D eigenvalue weighted by Gasteiger charge is -2.31. The summed E-state index contributed by atoms with van der Waals surface area (Å²) in [6.45, 7) is 4.39. The van der Waals surface area contributed by atoms with Gasteiger partial charge in [0.15, 0.2) is 11.5 Å². The van der Waals surface area contributed by atoms with Crippen LogP contribution in [0.2, 0.25) is 0 Å². The third-order valence-electron chi connectivity index (χ3n) is 4.36. The van der Waals surface area contributed by atoms with Crippen LogP contribution in [0.4, 0.5) is 0 Å². The summed E-state index contributed by atoms with van der Waals surface area (Å²) in [5.41, 5.74) is 0.891. The van der Waals surface area contributed by atoms with Gasteiger partial charge in [-0.05, 0) is 37.5 Å². The van der Waals surface area contributed by atoms with Crippen LogP contribution < -0.4 is 9.47 Å². The predicted octanol–water partition coefficient (Wildman–Crippen LogP) is 1.80. The van der Waals surface area contributed by atoms with Crippen LogP contribution in [-0.2, 0) is 20.7 Å². The second-order valence-electron chi connectivity index (χ2n) is 6.09. The van der Waals surface area contributed by atoms with Crippen molar-refractivity contribution in [3.63, 3.8) is 0 Å². The van der Waals surface area contributed by atoms with Gasteiger partial charge in [-0.2, -0.15) is 0 Å². The molecule has 0 saturated carbocycles. The van der Waals surface area contributed by atoms with Crippen LogP contribution >= 0.6 is 0 Å². The molecule has 2 aliphatic rings. The third-order valence-corrected chi connectivity index (χ3v) is 4.36. The number of rotatable bonds is 4. The Bertz CT molecular complexity index is 615. The molecule has 1 atom stereocenters. The number of esters is 1. The fourth-order valence-corrected chi connectivity index (χ4v) is 3.14. The summed E-state index contributed by atoms with van der Waals surface area (Å²) in [6.07, 6.45) is 1.91. The number of ether oxygens (including phenoxy) is 3. The summed E-state index contributed by atoms with van der Waals surface area (Å²) in [7, 11) is 0. The first kappa shape index (κ1) is 16.6. The summed E-state index contributed by atoms with van der Waals surface area (Å²) in [5.74, 6) is 1.03. The molecule has 0 spiro atoms. The maximum absolute atomic E-state index is 12.6. The number of likely N-dealkylation sites (tertiary alicyclic amines) is 1. The molecule has 1 amide bonds. The molecule has 130 valence electrons. The standard InChI is InChI=1S/C18H23NO5/c1-2-22-18(21)14-4-3-7-19(12-14)17(20)11-13-5-6-15-16(10-13)24-9-8-23-15/h5-6,10,14H,2-4,7-9,11-12H2,1H3. The highest BCUT2D eigenvalue weighted by Gasteiger charge is 2.29. The highest BCUT2D eigenvalue weighted by atomic mass is 16.6. The summed E-state index contributed by atoms with van der Waals surface area (Å²) < 4.78 is 16.1. The minimum Gasteiger partial charge on any atom is -0.486 e. The molecule has 1 saturated heterocycles. The van der Waals surface area contributed by atoms with E-state index in [0.717, 1.165) is 24.2 Å². The fraction of sp³-hybridized carbons (Fsp3) is 0.556. The van der Waals surface area contributed by atoms with Gasteiger partial charge in [0, 0.05) is 13.1 Å². The van der Waals surface area contributed by atoms with Gasteiger partial charge in [0.25, 0.3) is 0 Å². The van der Waals surface area contributed by atoms with E-state index in [1.165, 1.54) is 0 Å². The van der Waals surface area contributed by atoms with Crippen molar-refractivity contribution in [3.8, 4) is 11.5 Å². The van der Waals surface area contributed by atoms with Crippen LogP contribution in [0.3, 0.4) is 0 Å². The maximum Gasteiger partial charge on any atom is 0.310 e. The van der Waals surface area contributed by atoms with Gasteiger partial charge < -0.3 is 19.1 Å². The van der Waals surface area contributed by atoms with Gasteiger partial charge in [0.1, 0.15) is 13.2 Å². The number of carbonyl (C=O) groups excluding carboxylic acids is 2. The van der Waals surface area contributed by atoms with Crippen molar-refractivity contribution < 1.29 is 23.8 Å². The van der Waals surface area contributed by atoms with Gasteiger partial charge in [-0.3, -0.25) is 9.59 Å². The number of nitrogens with zero attached hydrogens (tertiary/aromatic N) is 1. The van der Waals surface area contributed by atoms with Crippen molar-refractivity contribution in [2.75, 3.05) is 32.9 Å². The number of piperidine rings is 1. The molecule has 6 nitrogen and oxygen atoms in total. The van der Waals surface area contributed by atoms with Crippen molar-refractivity contribution in [1.29, 1.82) is 0 Å². The quantitative estimate of drug-likeness (QED) is 0.786. The number of carbonyl (C=O) groups is 2. The molecule has 2 heterocycles. The molecule has 0 bridgehead atoms. The SMILES string of the molecule is CCOC(=O)C1CCCN(C(=O)Cc2ccc3c(c2)OCCO3)C1. The van der Waals surface area contributed by atoms with E-state index in [1.54, 1.807) is 11.8 Å². The van der Waals surface area contributed by atoms with Crippen molar-refractivity contribution in [2.45, 2.75) is 26.2 Å². The van der Waals surface area contributed by atoms with Crippen LogP contribution in [-0.4, -0.2) is 49.7 Å². The molecule has 0 aromatic heterocycles. The largest absolute Gasteiger partial charge is 0.486 e. The number of benzene rings is 1. The van der Waals surface area contributed by atoms with Crippen LogP contribution in [0.5, 0.6) is 11.5 Å². The van der Waals surface area contributed by atoms with E-state index in [-0.39, 0.29) is 17.8 Å². The molecule has 0 radical (unpaired) electrons. The Morgan fingerprint density at radius 3 is 2.83 bits per heavy atom. The van der Waals surface area contributed by atoms with Crippen LogP contribution in [0.15, 0.2) is 18.2 Å². The van der Waals surface area contributed by atoms with E-state index in [1.807, 2.05) is 18.2 Å². The first-order valence-corrected chi connectivity index (χ1v) is 8.50. The lowest BCUT2D eigenvalue weighted by Crippen LogP contribution is -2.43. The maximum atomic E-state index is 12.6. The van der Waals surface area contributed by atoms with Gasteiger partial charge in [-0.25, -0.2) is 0 Å². The summed E-state index contributed by atoms with van der Waals surface area (Å²) in [5, 5.41) is 0. The number of fused-ring (bicyclic) bond motifs is 1. The lowest BCUT2D eigenvalue weighted by molar-refractivity contribution is -0.151. The lowest BCUT2D eigenvalue weighted by atomic mass is 9.97. The van der Waals surface area contributed by atoms with Gasteiger partial charge in [0.2, 0.25) is 5.91 Å².